The van der Waals surface area contributed by atoms with Crippen molar-refractivity contribution >= 4 is 39.1 Å². The smallest absolute Gasteiger partial charge is 0.277 e. The number of fused-ring (bicyclic) bond motifs is 1. The molecule has 1 aliphatic heterocycles. The lowest BCUT2D eigenvalue weighted by atomic mass is 10.1. The Morgan fingerprint density at radius 1 is 1.22 bits per heavy atom. The number of benzene rings is 2. The van der Waals surface area contributed by atoms with Crippen LogP contribution in [-0.2, 0) is 0 Å². The van der Waals surface area contributed by atoms with Gasteiger partial charge in [-0.25, -0.2) is 4.99 Å². The number of nitro benzene ring substituents is 1. The number of hydrogen-bond acceptors (Lipinski definition) is 5. The van der Waals surface area contributed by atoms with Crippen molar-refractivity contribution in [2.45, 2.75) is 50.8 Å². The number of non-ortho nitro benzene ring substituents is 1. The molecule has 0 amide bonds. The van der Waals surface area contributed by atoms with Crippen molar-refractivity contribution in [3.63, 3.8) is 0 Å². The van der Waals surface area contributed by atoms with E-state index in [1.54, 1.807) is 23.9 Å². The lowest BCUT2D eigenvalue weighted by Crippen LogP contribution is -2.46. The summed E-state index contributed by atoms with van der Waals surface area (Å²) in [6.07, 6.45) is 4.27. The summed E-state index contributed by atoms with van der Waals surface area (Å²) in [6.45, 7) is 1.84. The van der Waals surface area contributed by atoms with Gasteiger partial charge in [0.2, 0.25) is 0 Å². The van der Waals surface area contributed by atoms with Gasteiger partial charge < -0.3 is 10.0 Å². The van der Waals surface area contributed by atoms with Gasteiger partial charge in [-0.15, -0.1) is 0 Å². The summed E-state index contributed by atoms with van der Waals surface area (Å²) in [7, 11) is 0. The van der Waals surface area contributed by atoms with Gasteiger partial charge in [-0.2, -0.15) is 0 Å². The molecule has 2 aromatic carbocycles. The molecule has 7 heteroatoms. The number of aliphatic imine (C=N–C) groups is 1. The maximum atomic E-state index is 11.3. The minimum atomic E-state index is -0.417. The minimum absolute atomic E-state index is 0.0705. The standard InChI is InChI=1S/C20H23N3O3S/c1-13(24)19-12-27-20(22(19)14-6-2-3-7-14)21-17-10-11-18(23(25)26)16-9-5-4-8-15(16)17/h4-5,8-11,13-14,19,24H,2-3,6-7,12H2,1H3. The molecule has 1 aliphatic carbocycles. The third kappa shape index (κ3) is 3.41. The van der Waals surface area contributed by atoms with E-state index in [2.05, 4.69) is 4.90 Å². The van der Waals surface area contributed by atoms with Gasteiger partial charge in [0.05, 0.1) is 28.1 Å². The highest BCUT2D eigenvalue weighted by atomic mass is 32.2. The molecule has 4 rings (SSSR count). The van der Waals surface area contributed by atoms with Gasteiger partial charge in [-0.05, 0) is 31.9 Å². The molecule has 2 fully saturated rings. The zero-order valence-corrected chi connectivity index (χ0v) is 16.1. The Morgan fingerprint density at radius 3 is 2.59 bits per heavy atom. The Labute approximate surface area is 162 Å². The molecule has 2 atom stereocenters. The van der Waals surface area contributed by atoms with Crippen LogP contribution in [0.5, 0.6) is 0 Å². The number of hydrogen-bond donors (Lipinski definition) is 1. The van der Waals surface area contributed by atoms with Crippen molar-refractivity contribution in [3.05, 3.63) is 46.5 Å². The zero-order valence-electron chi connectivity index (χ0n) is 15.2. The van der Waals surface area contributed by atoms with E-state index in [4.69, 9.17) is 4.99 Å². The van der Waals surface area contributed by atoms with Crippen LogP contribution in [0.4, 0.5) is 11.4 Å². The summed E-state index contributed by atoms with van der Waals surface area (Å²) in [4.78, 5) is 18.2. The van der Waals surface area contributed by atoms with Crippen LogP contribution in [0.2, 0.25) is 0 Å². The first-order valence-electron chi connectivity index (χ1n) is 9.40. The van der Waals surface area contributed by atoms with Gasteiger partial charge in [0, 0.05) is 23.2 Å². The quantitative estimate of drug-likeness (QED) is 0.620. The predicted octanol–water partition coefficient (Wildman–Crippen LogP) is 4.48. The Bertz CT molecular complexity index is 893. The topological polar surface area (TPSA) is 79.0 Å². The molecule has 1 N–H and O–H groups in total. The Hall–Kier alpha value is -2.12. The van der Waals surface area contributed by atoms with E-state index in [1.807, 2.05) is 25.1 Å². The highest BCUT2D eigenvalue weighted by molar-refractivity contribution is 8.14. The molecule has 1 saturated heterocycles. The van der Waals surface area contributed by atoms with Gasteiger partial charge in [0.15, 0.2) is 5.17 Å². The number of nitro groups is 1. The summed E-state index contributed by atoms with van der Waals surface area (Å²) < 4.78 is 0. The van der Waals surface area contributed by atoms with E-state index >= 15 is 0 Å². The van der Waals surface area contributed by atoms with Crippen LogP contribution in [0.25, 0.3) is 10.8 Å². The van der Waals surface area contributed by atoms with Gasteiger partial charge in [-0.1, -0.05) is 42.8 Å². The SMILES string of the molecule is CC(O)C1CSC(=Nc2ccc([N+](=O)[O-])c3ccccc23)N1C1CCCC1. The zero-order chi connectivity index (χ0) is 19.0. The lowest BCUT2D eigenvalue weighted by Gasteiger charge is -2.33. The third-order valence-corrected chi connectivity index (χ3v) is 6.60. The molecule has 1 saturated carbocycles. The second kappa shape index (κ2) is 7.48. The molecule has 2 aromatic rings. The number of thioether (sulfide) groups is 1. The van der Waals surface area contributed by atoms with Crippen LogP contribution < -0.4 is 0 Å². The molecule has 0 radical (unpaired) electrons. The fourth-order valence-electron chi connectivity index (χ4n) is 4.15. The summed E-state index contributed by atoms with van der Waals surface area (Å²) in [5.41, 5.74) is 0.844. The molecule has 0 spiro atoms. The maximum Gasteiger partial charge on any atom is 0.277 e. The van der Waals surface area contributed by atoms with E-state index in [0.29, 0.717) is 11.4 Å². The summed E-state index contributed by atoms with van der Waals surface area (Å²) >= 11 is 1.67. The molecule has 0 bridgehead atoms. The van der Waals surface area contributed by atoms with Crippen molar-refractivity contribution in [1.29, 1.82) is 0 Å². The largest absolute Gasteiger partial charge is 0.391 e. The first-order valence-corrected chi connectivity index (χ1v) is 10.4. The average Bonchev–Trinajstić information content (AvgIpc) is 3.31. The van der Waals surface area contributed by atoms with Crippen molar-refractivity contribution in [3.8, 4) is 0 Å². The second-order valence-electron chi connectivity index (χ2n) is 7.27. The average molecular weight is 385 g/mol. The second-order valence-corrected chi connectivity index (χ2v) is 8.25. The van der Waals surface area contributed by atoms with Crippen molar-refractivity contribution < 1.29 is 10.0 Å². The minimum Gasteiger partial charge on any atom is -0.391 e. The Balaban J connectivity index is 1.78. The fourth-order valence-corrected chi connectivity index (χ4v) is 5.51. The van der Waals surface area contributed by atoms with Crippen molar-refractivity contribution in [2.24, 2.45) is 4.99 Å². The maximum absolute atomic E-state index is 11.3. The normalized spacial score (nSPS) is 23.4. The Morgan fingerprint density at radius 2 is 1.93 bits per heavy atom. The highest BCUT2D eigenvalue weighted by Gasteiger charge is 2.39. The van der Waals surface area contributed by atoms with Crippen LogP contribution >= 0.6 is 11.8 Å². The number of aliphatic hydroxyl groups is 1. The first-order chi connectivity index (χ1) is 13.1. The van der Waals surface area contributed by atoms with E-state index in [1.165, 1.54) is 18.9 Å². The van der Waals surface area contributed by atoms with Gasteiger partial charge in [0.25, 0.3) is 5.69 Å². The fraction of sp³-hybridized carbons (Fsp3) is 0.450. The van der Waals surface area contributed by atoms with Crippen LogP contribution in [-0.4, -0.2) is 44.0 Å². The number of aliphatic hydroxyl groups excluding tert-OH is 1. The van der Waals surface area contributed by atoms with Crippen LogP contribution in [0.15, 0.2) is 41.4 Å². The van der Waals surface area contributed by atoms with E-state index in [-0.39, 0.29) is 16.7 Å². The Kier molecular flexibility index (Phi) is 5.06. The van der Waals surface area contributed by atoms with Crippen LogP contribution in [0.1, 0.15) is 32.6 Å². The monoisotopic (exact) mass is 385 g/mol. The molecular formula is C20H23N3O3S. The molecule has 27 heavy (non-hydrogen) atoms. The summed E-state index contributed by atoms with van der Waals surface area (Å²) in [6, 6.07) is 11.1. The summed E-state index contributed by atoms with van der Waals surface area (Å²) in [5.74, 6) is 0.817. The first kappa shape index (κ1) is 18.3. The molecule has 2 aliphatic rings. The molecular weight excluding hydrogens is 362 g/mol. The molecule has 0 aromatic heterocycles. The number of nitrogens with zero attached hydrogens (tertiary/aromatic N) is 3. The summed E-state index contributed by atoms with van der Waals surface area (Å²) in [5, 5.41) is 23.9. The van der Waals surface area contributed by atoms with E-state index in [0.717, 1.165) is 34.8 Å². The van der Waals surface area contributed by atoms with Crippen LogP contribution in [0, 0.1) is 10.1 Å². The molecule has 2 unspecified atom stereocenters. The van der Waals surface area contributed by atoms with E-state index < -0.39 is 6.10 Å². The third-order valence-electron chi connectivity index (χ3n) is 5.53. The molecule has 6 nitrogen and oxygen atoms in total. The predicted molar refractivity (Wildman–Crippen MR) is 110 cm³/mol. The molecule has 142 valence electrons. The highest BCUT2D eigenvalue weighted by Crippen LogP contribution is 2.38. The van der Waals surface area contributed by atoms with Crippen LogP contribution in [0.3, 0.4) is 0 Å². The van der Waals surface area contributed by atoms with Gasteiger partial charge >= 0.3 is 0 Å². The van der Waals surface area contributed by atoms with Gasteiger partial charge in [0.1, 0.15) is 0 Å². The van der Waals surface area contributed by atoms with Gasteiger partial charge in [-0.3, -0.25) is 10.1 Å². The molecule has 1 heterocycles. The lowest BCUT2D eigenvalue weighted by molar-refractivity contribution is -0.383. The van der Waals surface area contributed by atoms with Crippen molar-refractivity contribution in [2.75, 3.05) is 5.75 Å². The van der Waals surface area contributed by atoms with Crippen molar-refractivity contribution in [1.82, 2.24) is 4.90 Å². The van der Waals surface area contributed by atoms with E-state index in [9.17, 15) is 15.2 Å². The number of amidine groups is 1. The number of rotatable bonds is 4.